The van der Waals surface area contributed by atoms with E-state index in [-0.39, 0.29) is 29.8 Å². The molecule has 5 N–H and O–H groups in total. The maximum Gasteiger partial charge on any atom is 0.289 e. The number of carbonyl (C=O) groups is 6. The number of hydrogen-bond acceptors (Lipinski definition) is 7. The fourth-order valence-electron chi connectivity index (χ4n) is 8.55. The quantitative estimate of drug-likeness (QED) is 0.181. The zero-order valence-electron chi connectivity index (χ0n) is 32.2. The highest BCUT2D eigenvalue weighted by molar-refractivity contribution is 6.38. The second kappa shape index (κ2) is 17.1. The Kier molecular flexibility index (Phi) is 13.0. The molecule has 1 saturated heterocycles. The Morgan fingerprint density at radius 2 is 1.47 bits per heavy atom. The number of nitrogens with zero attached hydrogens (tertiary/aromatic N) is 1. The standard InChI is InChI=1S/C41H61N5O7/c1-6-15-29(33(47)37(50)42-28-22-23-28)43-35(48)31-24-26-18-13-14-21-30(26)46(31)38(51)34(40(2,3)4)45-36(49)32(25-16-9-7-10-17-25)44-39(52)41(5,53)27-19-11-8-12-20-27/h8,11-12,19-20,25-26,28-32,34,53H,6-7,9-10,13-18,21-24H2,1-5H3,(H,42,50)(H,43,48)(H,44,52)(H,45,49)/t26?,29-,30?,31-,32?,34+,41+/m0/s1. The van der Waals surface area contributed by atoms with E-state index in [2.05, 4.69) is 21.3 Å². The molecule has 1 aromatic carbocycles. The summed E-state index contributed by atoms with van der Waals surface area (Å²) in [5.74, 6) is -3.51. The van der Waals surface area contributed by atoms with E-state index in [1.54, 1.807) is 35.2 Å². The summed E-state index contributed by atoms with van der Waals surface area (Å²) in [6.07, 6.45) is 10.7. The van der Waals surface area contributed by atoms with Crippen molar-refractivity contribution < 1.29 is 33.9 Å². The second-order valence-corrected chi connectivity index (χ2v) is 17.2. The molecular formula is C41H61N5O7. The molecule has 0 aromatic heterocycles. The van der Waals surface area contributed by atoms with Gasteiger partial charge in [-0.05, 0) is 81.1 Å². The summed E-state index contributed by atoms with van der Waals surface area (Å²) in [7, 11) is 0. The van der Waals surface area contributed by atoms with Crippen LogP contribution in [0.4, 0.5) is 0 Å². The molecule has 7 atom stereocenters. The zero-order chi connectivity index (χ0) is 38.5. The first-order chi connectivity index (χ1) is 25.1. The number of hydrogen-bond donors (Lipinski definition) is 5. The van der Waals surface area contributed by atoms with Gasteiger partial charge in [-0.2, -0.15) is 0 Å². The number of benzene rings is 1. The van der Waals surface area contributed by atoms with Gasteiger partial charge in [-0.25, -0.2) is 0 Å². The van der Waals surface area contributed by atoms with E-state index < -0.39 is 64.6 Å². The van der Waals surface area contributed by atoms with Crippen LogP contribution < -0.4 is 21.3 Å². The van der Waals surface area contributed by atoms with Crippen molar-refractivity contribution in [2.24, 2.45) is 17.3 Å². The van der Waals surface area contributed by atoms with Crippen LogP contribution in [0.25, 0.3) is 0 Å². The smallest absolute Gasteiger partial charge is 0.289 e. The predicted molar refractivity (Wildman–Crippen MR) is 200 cm³/mol. The van der Waals surface area contributed by atoms with Gasteiger partial charge in [0.05, 0.1) is 6.04 Å². The first-order valence-corrected chi connectivity index (χ1v) is 20.0. The summed E-state index contributed by atoms with van der Waals surface area (Å²) in [6, 6.07) is 4.48. The van der Waals surface area contributed by atoms with Crippen LogP contribution in [-0.4, -0.2) is 81.6 Å². The molecule has 0 spiro atoms. The Labute approximate surface area is 314 Å². The summed E-state index contributed by atoms with van der Waals surface area (Å²) in [5.41, 5.74) is -2.27. The third kappa shape index (κ3) is 9.66. The number of fused-ring (bicyclic) bond motifs is 1. The average molecular weight is 736 g/mol. The lowest BCUT2D eigenvalue weighted by atomic mass is 9.81. The van der Waals surface area contributed by atoms with Crippen LogP contribution >= 0.6 is 0 Å². The van der Waals surface area contributed by atoms with E-state index in [0.29, 0.717) is 37.7 Å². The van der Waals surface area contributed by atoms with Gasteiger partial charge in [0, 0.05) is 12.1 Å². The van der Waals surface area contributed by atoms with Gasteiger partial charge in [0.15, 0.2) is 5.60 Å². The molecule has 4 aliphatic rings. The number of likely N-dealkylation sites (tertiary alicyclic amines) is 1. The molecule has 292 valence electrons. The lowest BCUT2D eigenvalue weighted by Crippen LogP contribution is -2.63. The van der Waals surface area contributed by atoms with Crippen molar-refractivity contribution in [2.75, 3.05) is 0 Å². The lowest BCUT2D eigenvalue weighted by Gasteiger charge is -2.41. The van der Waals surface area contributed by atoms with E-state index in [0.717, 1.165) is 57.8 Å². The van der Waals surface area contributed by atoms with E-state index in [9.17, 15) is 33.9 Å². The number of ketones is 1. The van der Waals surface area contributed by atoms with Crippen LogP contribution in [0, 0.1) is 17.3 Å². The Balaban J connectivity index is 1.39. The fourth-order valence-corrected chi connectivity index (χ4v) is 8.55. The van der Waals surface area contributed by atoms with Gasteiger partial charge < -0.3 is 31.3 Å². The number of Topliss-reactive ketones (excluding diaryl/α,β-unsaturated/α-hetero) is 1. The van der Waals surface area contributed by atoms with Crippen molar-refractivity contribution in [3.8, 4) is 0 Å². The molecule has 3 saturated carbocycles. The molecule has 0 bridgehead atoms. The number of aliphatic hydroxyl groups is 1. The van der Waals surface area contributed by atoms with Crippen LogP contribution in [0.5, 0.6) is 0 Å². The summed E-state index contributed by atoms with van der Waals surface area (Å²) >= 11 is 0. The Morgan fingerprint density at radius 3 is 2.09 bits per heavy atom. The molecule has 5 rings (SSSR count). The van der Waals surface area contributed by atoms with Crippen molar-refractivity contribution in [1.29, 1.82) is 0 Å². The Hall–Kier alpha value is -3.80. The number of carbonyl (C=O) groups excluding carboxylic acids is 6. The van der Waals surface area contributed by atoms with Gasteiger partial charge in [0.2, 0.25) is 23.5 Å². The fraction of sp³-hybridized carbons (Fsp3) is 0.707. The summed E-state index contributed by atoms with van der Waals surface area (Å²) in [6.45, 7) is 8.88. The Morgan fingerprint density at radius 1 is 0.830 bits per heavy atom. The molecule has 1 heterocycles. The van der Waals surface area contributed by atoms with Crippen molar-refractivity contribution >= 4 is 35.3 Å². The third-order valence-electron chi connectivity index (χ3n) is 11.9. The summed E-state index contributed by atoms with van der Waals surface area (Å²) in [4.78, 5) is 84.7. The van der Waals surface area contributed by atoms with E-state index >= 15 is 0 Å². The molecule has 3 aliphatic carbocycles. The molecule has 5 amide bonds. The minimum Gasteiger partial charge on any atom is -0.376 e. The van der Waals surface area contributed by atoms with Gasteiger partial charge in [-0.3, -0.25) is 28.8 Å². The van der Waals surface area contributed by atoms with Gasteiger partial charge >= 0.3 is 0 Å². The van der Waals surface area contributed by atoms with Crippen LogP contribution in [0.2, 0.25) is 0 Å². The first kappa shape index (κ1) is 40.4. The highest BCUT2D eigenvalue weighted by Crippen LogP contribution is 2.41. The SMILES string of the molecule is CCC[C@H](NC(=O)[C@@H]1CC2CCCCC2N1C(=O)[C@@H](NC(=O)C(NC(=O)[C@](C)(O)c1ccccc1)C1CCCCC1)C(C)(C)C)C(=O)C(=O)NC1CC1. The molecule has 1 aliphatic heterocycles. The molecule has 12 nitrogen and oxygen atoms in total. The van der Waals surface area contributed by atoms with E-state index in [1.807, 2.05) is 27.7 Å². The maximum absolute atomic E-state index is 14.9. The van der Waals surface area contributed by atoms with E-state index in [4.69, 9.17) is 0 Å². The Bertz CT molecular complexity index is 1500. The minimum atomic E-state index is -1.89. The predicted octanol–water partition coefficient (Wildman–Crippen LogP) is 3.78. The number of nitrogens with one attached hydrogen (secondary N) is 4. The van der Waals surface area contributed by atoms with Crippen molar-refractivity contribution in [3.63, 3.8) is 0 Å². The zero-order valence-corrected chi connectivity index (χ0v) is 32.2. The maximum atomic E-state index is 14.9. The summed E-state index contributed by atoms with van der Waals surface area (Å²) in [5, 5.41) is 22.8. The van der Waals surface area contributed by atoms with Crippen LogP contribution in [-0.2, 0) is 34.4 Å². The highest BCUT2D eigenvalue weighted by Gasteiger charge is 2.51. The van der Waals surface area contributed by atoms with Crippen molar-refractivity contribution in [1.82, 2.24) is 26.2 Å². The normalized spacial score (nSPS) is 24.8. The molecule has 3 unspecified atom stereocenters. The topological polar surface area (TPSA) is 174 Å². The van der Waals surface area contributed by atoms with Gasteiger partial charge in [-0.1, -0.05) is 96.6 Å². The molecule has 1 aromatic rings. The highest BCUT2D eigenvalue weighted by atomic mass is 16.3. The molecule has 12 heteroatoms. The third-order valence-corrected chi connectivity index (χ3v) is 11.9. The van der Waals surface area contributed by atoms with Gasteiger partial charge in [0.1, 0.15) is 18.1 Å². The largest absolute Gasteiger partial charge is 0.376 e. The van der Waals surface area contributed by atoms with E-state index in [1.165, 1.54) is 6.92 Å². The molecule has 53 heavy (non-hydrogen) atoms. The first-order valence-electron chi connectivity index (χ1n) is 20.0. The monoisotopic (exact) mass is 735 g/mol. The van der Waals surface area contributed by atoms with Gasteiger partial charge in [0.25, 0.3) is 11.8 Å². The molecule has 0 radical (unpaired) electrons. The lowest BCUT2D eigenvalue weighted by molar-refractivity contribution is -0.148. The second-order valence-electron chi connectivity index (χ2n) is 17.2. The van der Waals surface area contributed by atoms with Crippen LogP contribution in [0.1, 0.15) is 130 Å². The van der Waals surface area contributed by atoms with Crippen molar-refractivity contribution in [3.05, 3.63) is 35.9 Å². The molecule has 4 fully saturated rings. The van der Waals surface area contributed by atoms with Gasteiger partial charge in [-0.15, -0.1) is 0 Å². The molecular weight excluding hydrogens is 674 g/mol. The van der Waals surface area contributed by atoms with Crippen LogP contribution in [0.3, 0.4) is 0 Å². The number of amides is 5. The van der Waals surface area contributed by atoms with Crippen molar-refractivity contribution in [2.45, 2.75) is 166 Å². The minimum absolute atomic E-state index is 0.00286. The van der Waals surface area contributed by atoms with Crippen LogP contribution in [0.15, 0.2) is 30.3 Å². The summed E-state index contributed by atoms with van der Waals surface area (Å²) < 4.78 is 0. The average Bonchev–Trinajstić information content (AvgIpc) is 3.87. The number of rotatable bonds is 14.